The third kappa shape index (κ3) is 3.46. The Kier molecular flexibility index (Phi) is 5.14. The standard InChI is InChI=1S/C12H17BrClNS/c13-8-10-4-2-1-3-7-15(10)9-11-5-6-12(14)16-11/h5-6,10H,1-4,7-9H2. The molecular formula is C12H17BrClNS. The van der Waals surface area contributed by atoms with Crippen molar-refractivity contribution >= 4 is 38.9 Å². The number of hydrogen-bond acceptors (Lipinski definition) is 2. The van der Waals surface area contributed by atoms with Gasteiger partial charge in [-0.2, -0.15) is 0 Å². The van der Waals surface area contributed by atoms with Gasteiger partial charge < -0.3 is 0 Å². The summed E-state index contributed by atoms with van der Waals surface area (Å²) in [5.74, 6) is 0. The molecule has 0 amide bonds. The summed E-state index contributed by atoms with van der Waals surface area (Å²) in [6.07, 6.45) is 5.41. The first-order valence-corrected chi connectivity index (χ1v) is 8.15. The molecule has 1 aromatic rings. The van der Waals surface area contributed by atoms with Gasteiger partial charge in [0.1, 0.15) is 0 Å². The van der Waals surface area contributed by atoms with Crippen molar-refractivity contribution in [3.8, 4) is 0 Å². The Morgan fingerprint density at radius 1 is 1.38 bits per heavy atom. The van der Waals surface area contributed by atoms with Gasteiger partial charge in [0.2, 0.25) is 0 Å². The van der Waals surface area contributed by atoms with E-state index >= 15 is 0 Å². The van der Waals surface area contributed by atoms with Gasteiger partial charge in [0.15, 0.2) is 0 Å². The Morgan fingerprint density at radius 3 is 2.94 bits per heavy atom. The summed E-state index contributed by atoms with van der Waals surface area (Å²) in [6, 6.07) is 4.86. The van der Waals surface area contributed by atoms with E-state index in [-0.39, 0.29) is 0 Å². The molecule has 1 aromatic heterocycles. The van der Waals surface area contributed by atoms with Crippen LogP contribution in [0.2, 0.25) is 4.34 Å². The molecule has 2 heterocycles. The first kappa shape index (κ1) is 12.9. The van der Waals surface area contributed by atoms with Crippen LogP contribution in [0.1, 0.15) is 30.6 Å². The molecule has 0 saturated carbocycles. The fourth-order valence-electron chi connectivity index (χ4n) is 2.26. The second-order valence-electron chi connectivity index (χ2n) is 4.33. The molecule has 1 aliphatic rings. The average molecular weight is 323 g/mol. The lowest BCUT2D eigenvalue weighted by molar-refractivity contribution is 0.211. The topological polar surface area (TPSA) is 3.24 Å². The summed E-state index contributed by atoms with van der Waals surface area (Å²) >= 11 is 11.3. The minimum Gasteiger partial charge on any atom is -0.294 e. The summed E-state index contributed by atoms with van der Waals surface area (Å²) < 4.78 is 0.903. The minimum absolute atomic E-state index is 0.698. The molecule has 1 saturated heterocycles. The molecule has 0 spiro atoms. The van der Waals surface area contributed by atoms with Crippen molar-refractivity contribution in [1.29, 1.82) is 0 Å². The van der Waals surface area contributed by atoms with Gasteiger partial charge in [0, 0.05) is 22.8 Å². The van der Waals surface area contributed by atoms with Crippen LogP contribution in [0.4, 0.5) is 0 Å². The molecule has 16 heavy (non-hydrogen) atoms. The van der Waals surface area contributed by atoms with E-state index in [9.17, 15) is 0 Å². The number of halogens is 2. The van der Waals surface area contributed by atoms with Crippen LogP contribution < -0.4 is 0 Å². The van der Waals surface area contributed by atoms with Crippen molar-refractivity contribution in [2.24, 2.45) is 0 Å². The maximum absolute atomic E-state index is 5.97. The van der Waals surface area contributed by atoms with E-state index in [0.29, 0.717) is 6.04 Å². The summed E-state index contributed by atoms with van der Waals surface area (Å²) in [5, 5.41) is 1.09. The van der Waals surface area contributed by atoms with E-state index in [0.717, 1.165) is 16.2 Å². The number of nitrogens with zero attached hydrogens (tertiary/aromatic N) is 1. The zero-order valence-corrected chi connectivity index (χ0v) is 12.5. The first-order valence-electron chi connectivity index (χ1n) is 5.84. The van der Waals surface area contributed by atoms with Crippen LogP contribution in [0.5, 0.6) is 0 Å². The predicted molar refractivity (Wildman–Crippen MR) is 75.8 cm³/mol. The molecule has 0 radical (unpaired) electrons. The molecule has 2 rings (SSSR count). The highest BCUT2D eigenvalue weighted by molar-refractivity contribution is 9.09. The van der Waals surface area contributed by atoms with Crippen LogP contribution in [0, 0.1) is 0 Å². The van der Waals surface area contributed by atoms with E-state index in [2.05, 4.69) is 26.9 Å². The Balaban J connectivity index is 1.99. The fraction of sp³-hybridized carbons (Fsp3) is 0.667. The van der Waals surface area contributed by atoms with Crippen molar-refractivity contribution in [3.63, 3.8) is 0 Å². The van der Waals surface area contributed by atoms with Crippen LogP contribution in [0.25, 0.3) is 0 Å². The Hall–Kier alpha value is 0.430. The summed E-state index contributed by atoms with van der Waals surface area (Å²) in [4.78, 5) is 3.99. The highest BCUT2D eigenvalue weighted by atomic mass is 79.9. The van der Waals surface area contributed by atoms with Gasteiger partial charge in [0.05, 0.1) is 4.34 Å². The molecule has 4 heteroatoms. The van der Waals surface area contributed by atoms with Gasteiger partial charge in [-0.1, -0.05) is 40.4 Å². The Morgan fingerprint density at radius 2 is 2.25 bits per heavy atom. The van der Waals surface area contributed by atoms with Crippen LogP contribution >= 0.6 is 38.9 Å². The van der Waals surface area contributed by atoms with Gasteiger partial charge >= 0.3 is 0 Å². The molecule has 0 aliphatic carbocycles. The maximum atomic E-state index is 5.97. The summed E-state index contributed by atoms with van der Waals surface area (Å²) in [6.45, 7) is 2.29. The van der Waals surface area contributed by atoms with Crippen LogP contribution in [-0.2, 0) is 6.54 Å². The van der Waals surface area contributed by atoms with Gasteiger partial charge in [-0.15, -0.1) is 11.3 Å². The third-order valence-corrected chi connectivity index (χ3v) is 5.13. The zero-order valence-electron chi connectivity index (χ0n) is 9.29. The molecule has 0 aromatic carbocycles. The van der Waals surface area contributed by atoms with E-state index in [1.165, 1.54) is 37.1 Å². The lowest BCUT2D eigenvalue weighted by Crippen LogP contribution is -2.35. The average Bonchev–Trinajstić information content (AvgIpc) is 2.56. The fourth-order valence-corrected chi connectivity index (χ4v) is 4.10. The Labute approximate surface area is 115 Å². The van der Waals surface area contributed by atoms with Crippen molar-refractivity contribution in [2.45, 2.75) is 38.3 Å². The van der Waals surface area contributed by atoms with Gasteiger partial charge in [-0.25, -0.2) is 0 Å². The van der Waals surface area contributed by atoms with E-state index in [1.54, 1.807) is 11.3 Å². The van der Waals surface area contributed by atoms with Gasteiger partial charge in [-0.3, -0.25) is 4.90 Å². The lowest BCUT2D eigenvalue weighted by Gasteiger charge is -2.27. The molecule has 0 bridgehead atoms. The van der Waals surface area contributed by atoms with Crippen LogP contribution in [0.3, 0.4) is 0 Å². The van der Waals surface area contributed by atoms with E-state index in [1.807, 2.05) is 6.07 Å². The molecule has 0 N–H and O–H groups in total. The lowest BCUT2D eigenvalue weighted by atomic mass is 10.1. The van der Waals surface area contributed by atoms with Crippen molar-refractivity contribution < 1.29 is 0 Å². The van der Waals surface area contributed by atoms with E-state index < -0.39 is 0 Å². The molecule has 1 aliphatic heterocycles. The third-order valence-electron chi connectivity index (χ3n) is 3.16. The summed E-state index contributed by atoms with van der Waals surface area (Å²) in [5.41, 5.74) is 0. The normalized spacial score (nSPS) is 23.2. The highest BCUT2D eigenvalue weighted by Gasteiger charge is 2.20. The molecule has 1 fully saturated rings. The van der Waals surface area contributed by atoms with Crippen LogP contribution in [0.15, 0.2) is 12.1 Å². The SMILES string of the molecule is Clc1ccc(CN2CCCCCC2CBr)s1. The number of alkyl halides is 1. The largest absolute Gasteiger partial charge is 0.294 e. The molecular weight excluding hydrogens is 306 g/mol. The maximum Gasteiger partial charge on any atom is 0.0931 e. The highest BCUT2D eigenvalue weighted by Crippen LogP contribution is 2.26. The number of rotatable bonds is 3. The zero-order chi connectivity index (χ0) is 11.4. The van der Waals surface area contributed by atoms with Crippen molar-refractivity contribution in [1.82, 2.24) is 4.90 Å². The minimum atomic E-state index is 0.698. The Bertz CT molecular complexity index is 329. The van der Waals surface area contributed by atoms with E-state index in [4.69, 9.17) is 11.6 Å². The van der Waals surface area contributed by atoms with Crippen molar-refractivity contribution in [3.05, 3.63) is 21.3 Å². The van der Waals surface area contributed by atoms with Crippen molar-refractivity contribution in [2.75, 3.05) is 11.9 Å². The summed E-state index contributed by atoms with van der Waals surface area (Å²) in [7, 11) is 0. The molecule has 1 unspecified atom stereocenters. The molecule has 1 nitrogen and oxygen atoms in total. The molecule has 1 atom stereocenters. The monoisotopic (exact) mass is 321 g/mol. The first-order chi connectivity index (χ1) is 7.79. The number of thiophene rings is 1. The quantitative estimate of drug-likeness (QED) is 0.738. The molecule has 90 valence electrons. The second-order valence-corrected chi connectivity index (χ2v) is 6.78. The smallest absolute Gasteiger partial charge is 0.0931 e. The second kappa shape index (κ2) is 6.39. The van der Waals surface area contributed by atoms with Crippen LogP contribution in [-0.4, -0.2) is 22.8 Å². The van der Waals surface area contributed by atoms with Gasteiger partial charge in [0.25, 0.3) is 0 Å². The number of hydrogen-bond donors (Lipinski definition) is 0. The van der Waals surface area contributed by atoms with Gasteiger partial charge in [-0.05, 0) is 31.5 Å². The predicted octanol–water partition coefficient (Wildman–Crippen LogP) is 4.54. The number of likely N-dealkylation sites (tertiary alicyclic amines) is 1.